The summed E-state index contributed by atoms with van der Waals surface area (Å²) in [5, 5.41) is 11.0. The number of aromatic nitrogens is 1. The molecule has 1 aliphatic rings. The van der Waals surface area contributed by atoms with Crippen molar-refractivity contribution in [3.63, 3.8) is 0 Å². The molecule has 1 aliphatic heterocycles. The van der Waals surface area contributed by atoms with Crippen LogP contribution < -0.4 is 0 Å². The number of halogens is 1. The zero-order chi connectivity index (χ0) is 20.3. The molecule has 1 aromatic heterocycles. The predicted octanol–water partition coefficient (Wildman–Crippen LogP) is 4.10. The van der Waals surface area contributed by atoms with Crippen molar-refractivity contribution in [2.24, 2.45) is 0 Å². The van der Waals surface area contributed by atoms with Gasteiger partial charge in [-0.1, -0.05) is 48.5 Å². The molecule has 5 heteroatoms. The van der Waals surface area contributed by atoms with Crippen LogP contribution in [0, 0.1) is 5.82 Å². The number of piperidine rings is 1. The van der Waals surface area contributed by atoms with Crippen molar-refractivity contribution in [3.05, 3.63) is 90.0 Å². The van der Waals surface area contributed by atoms with Gasteiger partial charge in [-0.15, -0.1) is 0 Å². The summed E-state index contributed by atoms with van der Waals surface area (Å²) < 4.78 is 14.2. The molecule has 0 radical (unpaired) electrons. The molecule has 1 saturated heterocycles. The molecule has 2 heterocycles. The van der Waals surface area contributed by atoms with Crippen LogP contribution in [0.15, 0.2) is 73.1 Å². The first-order valence-electron chi connectivity index (χ1n) is 9.80. The predicted molar refractivity (Wildman–Crippen MR) is 110 cm³/mol. The van der Waals surface area contributed by atoms with E-state index in [1.54, 1.807) is 35.2 Å². The van der Waals surface area contributed by atoms with Crippen molar-refractivity contribution < 1.29 is 14.3 Å². The fourth-order valence-electron chi connectivity index (χ4n) is 3.95. The monoisotopic (exact) mass is 390 g/mol. The number of rotatable bonds is 4. The highest BCUT2D eigenvalue weighted by atomic mass is 19.1. The molecule has 29 heavy (non-hydrogen) atoms. The first-order valence-corrected chi connectivity index (χ1v) is 9.80. The smallest absolute Gasteiger partial charge is 0.254 e. The maximum atomic E-state index is 14.2. The van der Waals surface area contributed by atoms with Crippen molar-refractivity contribution in [1.82, 2.24) is 9.88 Å². The Morgan fingerprint density at radius 3 is 2.41 bits per heavy atom. The van der Waals surface area contributed by atoms with Crippen molar-refractivity contribution in [2.75, 3.05) is 13.1 Å². The molecule has 1 amide bonds. The van der Waals surface area contributed by atoms with E-state index in [1.165, 1.54) is 6.20 Å². The van der Waals surface area contributed by atoms with Crippen LogP contribution in [0.4, 0.5) is 4.39 Å². The summed E-state index contributed by atoms with van der Waals surface area (Å²) in [6, 6.07) is 18.5. The standard InChI is InChI=1S/C24H23FN2O2/c25-22-17-26-13-10-20(22)19-8-4-5-9-21(19)23(28)27-14-11-24(29,12-15-27)16-18-6-2-1-3-7-18/h1-10,13,17,29H,11-12,14-16H2. The number of likely N-dealkylation sites (tertiary alicyclic amines) is 1. The average molecular weight is 390 g/mol. The van der Waals surface area contributed by atoms with Gasteiger partial charge in [-0.25, -0.2) is 4.39 Å². The Kier molecular flexibility index (Phi) is 5.41. The molecule has 0 aliphatic carbocycles. The highest BCUT2D eigenvalue weighted by molar-refractivity contribution is 6.01. The Bertz CT molecular complexity index is 999. The number of carbonyl (C=O) groups excluding carboxylic acids is 1. The van der Waals surface area contributed by atoms with Crippen molar-refractivity contribution in [1.29, 1.82) is 0 Å². The average Bonchev–Trinajstić information content (AvgIpc) is 2.75. The van der Waals surface area contributed by atoms with Crippen LogP contribution in [0.1, 0.15) is 28.8 Å². The van der Waals surface area contributed by atoms with Crippen LogP contribution in [0.5, 0.6) is 0 Å². The van der Waals surface area contributed by atoms with E-state index in [-0.39, 0.29) is 5.91 Å². The van der Waals surface area contributed by atoms with Gasteiger partial charge in [0.2, 0.25) is 0 Å². The minimum atomic E-state index is -0.811. The molecule has 0 atom stereocenters. The Labute approximate surface area is 169 Å². The summed E-state index contributed by atoms with van der Waals surface area (Å²) in [6.07, 6.45) is 4.28. The number of carbonyl (C=O) groups is 1. The lowest BCUT2D eigenvalue weighted by molar-refractivity contribution is -0.0162. The fourth-order valence-corrected chi connectivity index (χ4v) is 3.95. The Morgan fingerprint density at radius 2 is 1.69 bits per heavy atom. The van der Waals surface area contributed by atoms with E-state index >= 15 is 0 Å². The van der Waals surface area contributed by atoms with Gasteiger partial charge in [-0.05, 0) is 36.1 Å². The molecular weight excluding hydrogens is 367 g/mol. The summed E-state index contributed by atoms with van der Waals surface area (Å²) in [5.41, 5.74) is 1.66. The van der Waals surface area contributed by atoms with Gasteiger partial charge >= 0.3 is 0 Å². The Balaban J connectivity index is 1.50. The first-order chi connectivity index (χ1) is 14.1. The second-order valence-corrected chi connectivity index (χ2v) is 7.58. The molecule has 0 spiro atoms. The van der Waals surface area contributed by atoms with Gasteiger partial charge in [0, 0.05) is 36.8 Å². The summed E-state index contributed by atoms with van der Waals surface area (Å²) in [4.78, 5) is 18.7. The molecule has 4 nitrogen and oxygen atoms in total. The normalized spacial score (nSPS) is 15.9. The second-order valence-electron chi connectivity index (χ2n) is 7.58. The molecule has 3 aromatic rings. The number of pyridine rings is 1. The number of hydrogen-bond donors (Lipinski definition) is 1. The zero-order valence-electron chi connectivity index (χ0n) is 16.1. The Morgan fingerprint density at radius 1 is 1.00 bits per heavy atom. The van der Waals surface area contributed by atoms with E-state index in [9.17, 15) is 14.3 Å². The number of hydrogen-bond acceptors (Lipinski definition) is 3. The van der Waals surface area contributed by atoms with Crippen molar-refractivity contribution in [3.8, 4) is 11.1 Å². The minimum absolute atomic E-state index is 0.140. The molecule has 1 N–H and O–H groups in total. The topological polar surface area (TPSA) is 53.4 Å². The van der Waals surface area contributed by atoms with Gasteiger partial charge in [-0.3, -0.25) is 9.78 Å². The number of benzene rings is 2. The molecule has 1 fully saturated rings. The number of aliphatic hydroxyl groups is 1. The third kappa shape index (κ3) is 4.20. The number of nitrogens with zero attached hydrogens (tertiary/aromatic N) is 2. The van der Waals surface area contributed by atoms with E-state index in [0.29, 0.717) is 49.0 Å². The first kappa shape index (κ1) is 19.3. The quantitative estimate of drug-likeness (QED) is 0.730. The summed E-state index contributed by atoms with van der Waals surface area (Å²) >= 11 is 0. The van der Waals surface area contributed by atoms with E-state index in [4.69, 9.17) is 0 Å². The van der Waals surface area contributed by atoms with Gasteiger partial charge in [0.15, 0.2) is 0 Å². The molecule has 4 rings (SSSR count). The van der Waals surface area contributed by atoms with Crippen LogP contribution >= 0.6 is 0 Å². The third-order valence-corrected chi connectivity index (χ3v) is 5.58. The van der Waals surface area contributed by atoms with Gasteiger partial charge < -0.3 is 10.0 Å². The van der Waals surface area contributed by atoms with E-state index < -0.39 is 11.4 Å². The highest BCUT2D eigenvalue weighted by Crippen LogP contribution is 2.30. The lowest BCUT2D eigenvalue weighted by Crippen LogP contribution is -2.47. The van der Waals surface area contributed by atoms with E-state index in [0.717, 1.165) is 11.8 Å². The molecule has 0 unspecified atom stereocenters. The van der Waals surface area contributed by atoms with Gasteiger partial charge in [0.05, 0.1) is 11.8 Å². The van der Waals surface area contributed by atoms with E-state index in [2.05, 4.69) is 4.98 Å². The third-order valence-electron chi connectivity index (χ3n) is 5.58. The largest absolute Gasteiger partial charge is 0.389 e. The molecular formula is C24H23FN2O2. The molecule has 2 aromatic carbocycles. The summed E-state index contributed by atoms with van der Waals surface area (Å²) in [7, 11) is 0. The maximum Gasteiger partial charge on any atom is 0.254 e. The Hall–Kier alpha value is -3.05. The highest BCUT2D eigenvalue weighted by Gasteiger charge is 2.34. The minimum Gasteiger partial charge on any atom is -0.389 e. The van der Waals surface area contributed by atoms with Gasteiger partial charge in [-0.2, -0.15) is 0 Å². The van der Waals surface area contributed by atoms with Crippen LogP contribution in [0.25, 0.3) is 11.1 Å². The van der Waals surface area contributed by atoms with Crippen molar-refractivity contribution >= 4 is 5.91 Å². The molecule has 0 bridgehead atoms. The molecule has 0 saturated carbocycles. The fraction of sp³-hybridized carbons (Fsp3) is 0.250. The summed E-state index contributed by atoms with van der Waals surface area (Å²) in [5.74, 6) is -0.595. The maximum absolute atomic E-state index is 14.2. The van der Waals surface area contributed by atoms with Crippen LogP contribution in [-0.4, -0.2) is 39.6 Å². The zero-order valence-corrected chi connectivity index (χ0v) is 16.1. The molecule has 148 valence electrons. The van der Waals surface area contributed by atoms with Crippen molar-refractivity contribution in [2.45, 2.75) is 24.9 Å². The SMILES string of the molecule is O=C(c1ccccc1-c1ccncc1F)N1CCC(O)(Cc2ccccc2)CC1. The van der Waals surface area contributed by atoms with Crippen LogP contribution in [0.3, 0.4) is 0 Å². The number of amides is 1. The van der Waals surface area contributed by atoms with Crippen LogP contribution in [0.2, 0.25) is 0 Å². The lowest BCUT2D eigenvalue weighted by Gasteiger charge is -2.38. The van der Waals surface area contributed by atoms with E-state index in [1.807, 2.05) is 30.3 Å². The van der Waals surface area contributed by atoms with Gasteiger partial charge in [0.25, 0.3) is 5.91 Å². The van der Waals surface area contributed by atoms with Crippen LogP contribution in [-0.2, 0) is 6.42 Å². The lowest BCUT2D eigenvalue weighted by atomic mass is 9.85. The summed E-state index contributed by atoms with van der Waals surface area (Å²) in [6.45, 7) is 0.935. The van der Waals surface area contributed by atoms with Gasteiger partial charge in [0.1, 0.15) is 5.82 Å². The second kappa shape index (κ2) is 8.13.